The Morgan fingerprint density at radius 1 is 0.333 bits per heavy atom. The molecule has 2 atom stereocenters. The van der Waals surface area contributed by atoms with Crippen molar-refractivity contribution < 1.29 is 71.2 Å². The van der Waals surface area contributed by atoms with Crippen molar-refractivity contribution >= 4 is 23.1 Å². The summed E-state index contributed by atoms with van der Waals surface area (Å²) in [4.78, 5) is 0. The highest BCUT2D eigenvalue weighted by Gasteiger charge is 2.37. The Morgan fingerprint density at radius 3 is 0.745 bits per heavy atom. The summed E-state index contributed by atoms with van der Waals surface area (Å²) >= 11 is 0. The molecule has 0 heterocycles. The summed E-state index contributed by atoms with van der Waals surface area (Å²) in [5.74, 6) is -44.8. The first kappa shape index (κ1) is 38.9. The molecule has 5 rings (SSSR count). The maximum atomic E-state index is 14.4. The van der Waals surface area contributed by atoms with Gasteiger partial charge in [-0.1, -0.05) is 60.7 Å². The Bertz CT molecular complexity index is 1780. The summed E-state index contributed by atoms with van der Waals surface area (Å²) in [5, 5.41) is 2.41. The first-order chi connectivity index (χ1) is 23.9. The molecule has 1 nitrogen and oxygen atoms in total. The van der Waals surface area contributed by atoms with Gasteiger partial charge in [0.1, 0.15) is 47.0 Å². The second-order valence-corrected chi connectivity index (χ2v) is 11.3. The summed E-state index contributed by atoms with van der Waals surface area (Å²) in [6.07, 6.45) is 0. The van der Waals surface area contributed by atoms with Crippen molar-refractivity contribution in [2.75, 3.05) is 0 Å². The quantitative estimate of drug-likeness (QED) is 0.0796. The van der Waals surface area contributed by atoms with E-state index in [1.165, 1.54) is 11.1 Å². The molecule has 0 aliphatic rings. The number of quaternary nitrogens is 1. The SMILES string of the molecule is C[C@H]([NH2+][C@@H](C)c1ccccc1)c1ccccc1.Fc1c(F)c(F)c([BH-](c2c(F)c(F)c(F)c(F)c2F)c2c(F)c(F)c(F)c(F)c2F)c(F)c1F. The van der Waals surface area contributed by atoms with Crippen LogP contribution in [0.25, 0.3) is 0 Å². The summed E-state index contributed by atoms with van der Waals surface area (Å²) in [6.45, 7) is -0.645. The molecule has 0 bridgehead atoms. The van der Waals surface area contributed by atoms with Crippen LogP contribution in [0.2, 0.25) is 0 Å². The Morgan fingerprint density at radius 2 is 0.529 bits per heavy atom. The molecule has 0 amide bonds. The minimum absolute atomic E-state index is 0.492. The van der Waals surface area contributed by atoms with Crippen LogP contribution < -0.4 is 21.7 Å². The highest BCUT2D eigenvalue weighted by atomic mass is 19.2. The van der Waals surface area contributed by atoms with Crippen molar-refractivity contribution in [3.05, 3.63) is 159 Å². The Balaban J connectivity index is 0.000000286. The molecular formula is C34H21BF15N. The van der Waals surface area contributed by atoms with Gasteiger partial charge in [0.2, 0.25) is 0 Å². The predicted molar refractivity (Wildman–Crippen MR) is 156 cm³/mol. The molecule has 2 N–H and O–H groups in total. The molecule has 0 saturated heterocycles. The molecule has 0 aliphatic heterocycles. The molecule has 5 aromatic carbocycles. The van der Waals surface area contributed by atoms with E-state index in [9.17, 15) is 65.9 Å². The van der Waals surface area contributed by atoms with Gasteiger partial charge in [0.05, 0.1) is 6.71 Å². The molecule has 0 saturated carbocycles. The Labute approximate surface area is 279 Å². The van der Waals surface area contributed by atoms with Crippen LogP contribution in [0.4, 0.5) is 65.9 Å². The number of nitrogens with two attached hydrogens (primary N) is 1. The van der Waals surface area contributed by atoms with E-state index in [1.807, 2.05) is 0 Å². The topological polar surface area (TPSA) is 16.6 Å². The van der Waals surface area contributed by atoms with E-state index in [0.29, 0.717) is 12.1 Å². The molecule has 5 aromatic rings. The minimum atomic E-state index is -5.16. The average Bonchev–Trinajstić information content (AvgIpc) is 3.14. The lowest BCUT2D eigenvalue weighted by atomic mass is 9.36. The molecule has 51 heavy (non-hydrogen) atoms. The second-order valence-electron chi connectivity index (χ2n) is 11.3. The number of halogens is 15. The molecule has 0 spiro atoms. The van der Waals surface area contributed by atoms with E-state index in [4.69, 9.17) is 0 Å². The van der Waals surface area contributed by atoms with Crippen LogP contribution in [-0.4, -0.2) is 6.71 Å². The van der Waals surface area contributed by atoms with Crippen LogP contribution in [0.1, 0.15) is 37.1 Å². The van der Waals surface area contributed by atoms with Gasteiger partial charge in [-0.3, -0.25) is 0 Å². The highest BCUT2D eigenvalue weighted by Crippen LogP contribution is 2.24. The molecule has 0 radical (unpaired) electrons. The molecule has 0 fully saturated rings. The molecule has 0 aromatic heterocycles. The van der Waals surface area contributed by atoms with Crippen molar-refractivity contribution in [1.82, 2.24) is 0 Å². The van der Waals surface area contributed by atoms with Gasteiger partial charge in [0.25, 0.3) is 0 Å². The monoisotopic (exact) mass is 739 g/mol. The van der Waals surface area contributed by atoms with Gasteiger partial charge in [-0.25, -0.2) is 65.9 Å². The van der Waals surface area contributed by atoms with Crippen LogP contribution in [0.3, 0.4) is 0 Å². The standard InChI is InChI=1S/C18HBF15.C16H19N/c20-4-1(5(21)11(27)16(32)10(4)26)19(2-6(22)12(28)17(33)13(29)7(2)23)3-8(24)14(30)18(34)15(31)9(3)25;1-13(15-9-5-3-6-10-15)17-14(2)16-11-7-4-8-12-16/h19H;3-14,17H,1-2H3/q-1;/p+1/t;13-,14-/m.0/s1. The molecular weight excluding hydrogens is 718 g/mol. The number of rotatable bonds is 7. The van der Waals surface area contributed by atoms with Crippen LogP contribution in [0.15, 0.2) is 60.7 Å². The lowest BCUT2D eigenvalue weighted by molar-refractivity contribution is -0.728. The fraction of sp³-hybridized carbons (Fsp3) is 0.118. The zero-order valence-electron chi connectivity index (χ0n) is 25.9. The van der Waals surface area contributed by atoms with Gasteiger partial charge >= 0.3 is 0 Å². The molecule has 0 aliphatic carbocycles. The summed E-state index contributed by atoms with van der Waals surface area (Å²) in [7, 11) is 0. The van der Waals surface area contributed by atoms with Gasteiger partial charge in [0.15, 0.2) is 52.4 Å². The Kier molecular flexibility index (Phi) is 11.8. The summed E-state index contributed by atoms with van der Waals surface area (Å²) in [6, 6.07) is 22.3. The van der Waals surface area contributed by atoms with E-state index >= 15 is 0 Å². The zero-order valence-corrected chi connectivity index (χ0v) is 25.9. The first-order valence-electron chi connectivity index (χ1n) is 14.6. The van der Waals surface area contributed by atoms with E-state index in [2.05, 4.69) is 79.8 Å². The van der Waals surface area contributed by atoms with Gasteiger partial charge in [-0.05, 0) is 13.8 Å². The first-order valence-corrected chi connectivity index (χ1v) is 14.6. The zero-order chi connectivity index (χ0) is 38.1. The fourth-order valence-electron chi connectivity index (χ4n) is 5.58. The molecule has 17 heteroatoms. The van der Waals surface area contributed by atoms with Crippen LogP contribution in [0.5, 0.6) is 0 Å². The van der Waals surface area contributed by atoms with Gasteiger partial charge < -0.3 is 5.32 Å². The number of hydrogen-bond acceptors (Lipinski definition) is 0. The largest absolute Gasteiger partial charge is 0.334 e. The van der Waals surface area contributed by atoms with Gasteiger partial charge in [-0.2, -0.15) is 0 Å². The average molecular weight is 739 g/mol. The van der Waals surface area contributed by atoms with E-state index < -0.39 is 110 Å². The van der Waals surface area contributed by atoms with E-state index in [-0.39, 0.29) is 0 Å². The van der Waals surface area contributed by atoms with Crippen LogP contribution >= 0.6 is 0 Å². The lowest BCUT2D eigenvalue weighted by Gasteiger charge is -2.30. The smallest absolute Gasteiger partial charge is 0.200 e. The normalized spacial score (nSPS) is 12.5. The molecule has 270 valence electrons. The maximum Gasteiger partial charge on any atom is 0.200 e. The van der Waals surface area contributed by atoms with E-state index in [0.717, 1.165) is 0 Å². The maximum absolute atomic E-state index is 14.4. The summed E-state index contributed by atoms with van der Waals surface area (Å²) in [5.41, 5.74) is -5.01. The third-order valence-corrected chi connectivity index (χ3v) is 8.19. The summed E-state index contributed by atoms with van der Waals surface area (Å²) < 4.78 is 209. The second kappa shape index (κ2) is 15.5. The van der Waals surface area contributed by atoms with Gasteiger partial charge in [-0.15, -0.1) is 16.4 Å². The number of hydrogen-bond donors (Lipinski definition) is 1. The fourth-order valence-corrected chi connectivity index (χ4v) is 5.58. The van der Waals surface area contributed by atoms with Crippen LogP contribution in [-0.2, 0) is 0 Å². The number of benzene rings is 5. The molecule has 0 unspecified atom stereocenters. The van der Waals surface area contributed by atoms with Crippen molar-refractivity contribution in [1.29, 1.82) is 0 Å². The van der Waals surface area contributed by atoms with Crippen molar-refractivity contribution in [2.45, 2.75) is 25.9 Å². The van der Waals surface area contributed by atoms with Crippen molar-refractivity contribution in [2.24, 2.45) is 0 Å². The van der Waals surface area contributed by atoms with Crippen LogP contribution in [0, 0.1) is 87.3 Å². The predicted octanol–water partition coefficient (Wildman–Crippen LogP) is 7.09. The van der Waals surface area contributed by atoms with Crippen molar-refractivity contribution in [3.63, 3.8) is 0 Å². The third-order valence-electron chi connectivity index (χ3n) is 8.19. The third kappa shape index (κ3) is 7.29. The Hall–Kier alpha value is -4.93. The van der Waals surface area contributed by atoms with Crippen molar-refractivity contribution in [3.8, 4) is 0 Å². The van der Waals surface area contributed by atoms with Gasteiger partial charge in [0, 0.05) is 11.1 Å². The lowest BCUT2D eigenvalue weighted by Crippen LogP contribution is -2.85. The van der Waals surface area contributed by atoms with E-state index in [1.54, 1.807) is 0 Å². The minimum Gasteiger partial charge on any atom is -0.334 e. The highest BCUT2D eigenvalue weighted by molar-refractivity contribution is 6.95.